The van der Waals surface area contributed by atoms with Gasteiger partial charge in [-0.1, -0.05) is 0 Å². The van der Waals surface area contributed by atoms with Gasteiger partial charge in [0.1, 0.15) is 0 Å². The standard InChI is InChI=1S/BBrFHS/c1-4(2)3/h1H. The van der Waals surface area contributed by atoms with Gasteiger partial charge in [0.2, 0.25) is 0 Å². The summed E-state index contributed by atoms with van der Waals surface area (Å²) in [5.74, 6) is 0. The predicted octanol–water partition coefficient (Wildman–Crippen LogP) is 1.27. The molecular formula is HBBrFS. The Morgan fingerprint density at radius 3 is 2.00 bits per heavy atom. The van der Waals surface area contributed by atoms with Gasteiger partial charge in [0, 0.05) is 0 Å². The molecule has 0 fully saturated rings. The van der Waals surface area contributed by atoms with Crippen LogP contribution in [0.5, 0.6) is 0 Å². The summed E-state index contributed by atoms with van der Waals surface area (Å²) in [6.45, 7) is 2.92. The summed E-state index contributed by atoms with van der Waals surface area (Å²) < 4.78 is 10.8. The Bertz CT molecular complexity index is 31.0. The average Bonchev–Trinajstić information content (AvgIpc) is 0.811. The van der Waals surface area contributed by atoms with Gasteiger partial charge in [0.25, 0.3) is 0 Å². The Morgan fingerprint density at radius 1 is 2.00 bits per heavy atom. The van der Waals surface area contributed by atoms with Gasteiger partial charge in [-0.15, -0.1) is 0 Å². The van der Waals surface area contributed by atoms with E-state index in [2.05, 4.69) is 21.5 Å². The molecule has 0 aromatic heterocycles. The molecule has 4 heavy (non-hydrogen) atoms. The molecule has 0 saturated heterocycles. The van der Waals surface area contributed by atoms with Crippen LogP contribution in [0, 0.1) is 0 Å². The molecule has 0 rings (SSSR count). The van der Waals surface area contributed by atoms with Crippen LogP contribution in [-0.2, 0) is 0 Å². The quantitative estimate of drug-likeness (QED) is 0.447. The van der Waals surface area contributed by atoms with Crippen molar-refractivity contribution in [1.82, 2.24) is 0 Å². The molecule has 0 radical (unpaired) electrons. The van der Waals surface area contributed by atoms with E-state index in [4.69, 9.17) is 0 Å². The Morgan fingerprint density at radius 2 is 2.00 bits per heavy atom. The number of hydrogen-bond acceptors (Lipinski definition) is 0. The molecule has 0 aliphatic rings. The minimum absolute atomic E-state index is 1.30. The molecule has 24 valence electrons. The molecule has 0 aliphatic heterocycles. The second-order valence-electron chi connectivity index (χ2n) is 0.277. The number of halogens is 2. The van der Waals surface area contributed by atoms with E-state index in [1.54, 1.807) is 0 Å². The third-order valence-electron chi connectivity index (χ3n) is 0. The van der Waals surface area contributed by atoms with Crippen LogP contribution in [0.2, 0.25) is 0 Å². The Hall–Kier alpha value is 0.825. The zero-order valence-electron chi connectivity index (χ0n) is 1.87. The van der Waals surface area contributed by atoms with E-state index < -0.39 is 9.14 Å². The van der Waals surface area contributed by atoms with E-state index in [1.807, 2.05) is 0 Å². The van der Waals surface area contributed by atoms with Crippen LogP contribution in [0.15, 0.2) is 0 Å². The van der Waals surface area contributed by atoms with E-state index in [9.17, 15) is 3.89 Å². The summed E-state index contributed by atoms with van der Waals surface area (Å²) in [5, 5.41) is 0. The van der Waals surface area contributed by atoms with Gasteiger partial charge in [-0.3, -0.25) is 0 Å². The first kappa shape index (κ1) is 4.82. The van der Waals surface area contributed by atoms with E-state index in [-0.39, 0.29) is 0 Å². The van der Waals surface area contributed by atoms with Gasteiger partial charge in [0.15, 0.2) is 0 Å². The monoisotopic (exact) mass is 142 g/mol. The van der Waals surface area contributed by atoms with Crippen molar-refractivity contribution in [3.63, 3.8) is 0 Å². The van der Waals surface area contributed by atoms with Crippen LogP contribution in [0.4, 0.5) is 3.89 Å². The van der Waals surface area contributed by atoms with Crippen molar-refractivity contribution in [2.24, 2.45) is 0 Å². The molecule has 0 heterocycles. The molecular weight excluding hydrogens is 142 g/mol. The van der Waals surface area contributed by atoms with Crippen LogP contribution in [0.3, 0.4) is 0 Å². The number of hydrogen-bond donors (Lipinski definition) is 0. The molecule has 0 aromatic carbocycles. The molecule has 0 saturated carbocycles. The van der Waals surface area contributed by atoms with E-state index >= 15 is 0 Å². The molecule has 0 bridgehead atoms. The first-order valence-electron chi connectivity index (χ1n) is 0.597. The van der Waals surface area contributed by atoms with Crippen molar-refractivity contribution in [3.05, 3.63) is 0 Å². The summed E-state index contributed by atoms with van der Waals surface area (Å²) in [4.78, 5) is 0. The molecule has 0 spiro atoms. The van der Waals surface area contributed by atoms with Gasteiger partial charge >= 0.3 is 34.6 Å². The van der Waals surface area contributed by atoms with Gasteiger partial charge in [-0.25, -0.2) is 0 Å². The maximum absolute atomic E-state index is 10.8. The molecule has 4 heteroatoms. The Labute approximate surface area is 35.1 Å². The second kappa shape index (κ2) is 2.09. The van der Waals surface area contributed by atoms with E-state index in [0.717, 1.165) is 0 Å². The van der Waals surface area contributed by atoms with Crippen LogP contribution < -0.4 is 0 Å². The second-order valence-corrected chi connectivity index (χ2v) is 2.94. The molecule has 0 amide bonds. The summed E-state index contributed by atoms with van der Waals surface area (Å²) in [5.41, 5.74) is 0. The van der Waals surface area contributed by atoms with Crippen LogP contribution in [-0.4, -0.2) is 6.72 Å². The third kappa shape index (κ3) is 13.8. The van der Waals surface area contributed by atoms with Crippen molar-refractivity contribution >= 4 is 30.7 Å². The van der Waals surface area contributed by atoms with Crippen LogP contribution in [0.25, 0.3) is 0 Å². The maximum atomic E-state index is 10.8. The summed E-state index contributed by atoms with van der Waals surface area (Å²) in [7, 11) is -1.30. The van der Waals surface area contributed by atoms with Gasteiger partial charge in [0.05, 0.1) is 0 Å². The fraction of sp³-hybridized carbons (Fsp3) is 0. The van der Waals surface area contributed by atoms with Crippen molar-refractivity contribution in [2.45, 2.75) is 0 Å². The van der Waals surface area contributed by atoms with E-state index in [1.165, 1.54) is 0 Å². The SMILES string of the molecule is B=S(F)Br. The van der Waals surface area contributed by atoms with E-state index in [0.29, 0.717) is 0 Å². The Kier molecular flexibility index (Phi) is 2.52. The predicted molar refractivity (Wildman–Crippen MR) is 24.8 cm³/mol. The van der Waals surface area contributed by atoms with Crippen molar-refractivity contribution < 1.29 is 3.89 Å². The third-order valence-corrected chi connectivity index (χ3v) is 0. The molecule has 0 N–H and O–H groups in total. The molecule has 1 unspecified atom stereocenters. The van der Waals surface area contributed by atoms with Crippen LogP contribution in [0.1, 0.15) is 0 Å². The fourth-order valence-electron chi connectivity index (χ4n) is 0. The minimum atomic E-state index is -1.30. The topological polar surface area (TPSA) is 0 Å². The normalized spacial score (nSPS) is 15.2. The zero-order valence-corrected chi connectivity index (χ0v) is 4.27. The van der Waals surface area contributed by atoms with Gasteiger partial charge in [-0.05, 0) is 0 Å². The zero-order chi connectivity index (χ0) is 3.58. The van der Waals surface area contributed by atoms with Crippen LogP contribution >= 0.6 is 24.0 Å². The Balaban J connectivity index is 2.80. The summed E-state index contributed by atoms with van der Waals surface area (Å²) >= 11 is 2.52. The van der Waals surface area contributed by atoms with Crippen molar-refractivity contribution in [1.29, 1.82) is 0 Å². The van der Waals surface area contributed by atoms with Gasteiger partial charge in [-0.2, -0.15) is 0 Å². The first-order valence-corrected chi connectivity index (χ1v) is 3.73. The number of rotatable bonds is 0. The molecule has 0 aliphatic carbocycles. The molecule has 0 nitrogen and oxygen atoms in total. The fourth-order valence-corrected chi connectivity index (χ4v) is 0. The molecule has 1 atom stereocenters. The molecule has 0 aromatic rings. The summed E-state index contributed by atoms with van der Waals surface area (Å²) in [6.07, 6.45) is 0. The van der Waals surface area contributed by atoms with Crippen molar-refractivity contribution in [2.75, 3.05) is 0 Å². The van der Waals surface area contributed by atoms with Crippen molar-refractivity contribution in [3.8, 4) is 0 Å². The average molecular weight is 143 g/mol. The summed E-state index contributed by atoms with van der Waals surface area (Å²) in [6, 6.07) is 0. The first-order chi connectivity index (χ1) is 1.73. The van der Waals surface area contributed by atoms with Gasteiger partial charge < -0.3 is 0 Å².